The largest absolute Gasteiger partial charge is 0.370 e. The Morgan fingerprint density at radius 2 is 2.06 bits per heavy atom. The van der Waals surface area contributed by atoms with Gasteiger partial charge in [0.25, 0.3) is 0 Å². The lowest BCUT2D eigenvalue weighted by atomic mass is 9.86. The Labute approximate surface area is 104 Å². The van der Waals surface area contributed by atoms with Crippen molar-refractivity contribution in [1.29, 1.82) is 0 Å². The molecule has 0 unspecified atom stereocenters. The predicted octanol–water partition coefficient (Wildman–Crippen LogP) is 2.41. The van der Waals surface area contributed by atoms with Crippen LogP contribution in [0.5, 0.6) is 0 Å². The molecular formula is C14H23N3. The standard InChI is InChI=1S/C14H23N3/c1-11(2)12-5-7-17(8-6-12)14-4-3-13(9-15)16-10-14/h3-4,10-12H,5-9,15H2,1-2H3. The van der Waals surface area contributed by atoms with E-state index >= 15 is 0 Å². The molecule has 1 aromatic heterocycles. The van der Waals surface area contributed by atoms with E-state index in [0.717, 1.165) is 30.6 Å². The van der Waals surface area contributed by atoms with Crippen LogP contribution in [-0.2, 0) is 6.54 Å². The fourth-order valence-electron chi connectivity index (χ4n) is 2.55. The molecule has 2 heterocycles. The van der Waals surface area contributed by atoms with Crippen molar-refractivity contribution in [1.82, 2.24) is 4.98 Å². The van der Waals surface area contributed by atoms with Gasteiger partial charge in [0.15, 0.2) is 0 Å². The zero-order chi connectivity index (χ0) is 12.3. The first-order valence-electron chi connectivity index (χ1n) is 6.60. The van der Waals surface area contributed by atoms with Crippen molar-refractivity contribution in [3.05, 3.63) is 24.0 Å². The van der Waals surface area contributed by atoms with Crippen LogP contribution >= 0.6 is 0 Å². The van der Waals surface area contributed by atoms with Crippen molar-refractivity contribution in [2.75, 3.05) is 18.0 Å². The maximum absolute atomic E-state index is 5.55. The summed E-state index contributed by atoms with van der Waals surface area (Å²) in [6.45, 7) is 7.50. The fraction of sp³-hybridized carbons (Fsp3) is 0.643. The third-order valence-corrected chi connectivity index (χ3v) is 3.87. The first-order valence-corrected chi connectivity index (χ1v) is 6.60. The summed E-state index contributed by atoms with van der Waals surface area (Å²) in [5, 5.41) is 0. The summed E-state index contributed by atoms with van der Waals surface area (Å²) in [6, 6.07) is 4.18. The SMILES string of the molecule is CC(C)C1CCN(c2ccc(CN)nc2)CC1. The van der Waals surface area contributed by atoms with Gasteiger partial charge in [-0.3, -0.25) is 4.98 Å². The maximum Gasteiger partial charge on any atom is 0.0552 e. The molecule has 3 heteroatoms. The average Bonchev–Trinajstić information content (AvgIpc) is 2.39. The van der Waals surface area contributed by atoms with Crippen LogP contribution in [0.2, 0.25) is 0 Å². The Balaban J connectivity index is 1.95. The van der Waals surface area contributed by atoms with Gasteiger partial charge in [0.2, 0.25) is 0 Å². The van der Waals surface area contributed by atoms with Gasteiger partial charge in [-0.1, -0.05) is 13.8 Å². The maximum atomic E-state index is 5.55. The van der Waals surface area contributed by atoms with Crippen LogP contribution in [0.4, 0.5) is 5.69 Å². The van der Waals surface area contributed by atoms with E-state index in [9.17, 15) is 0 Å². The first-order chi connectivity index (χ1) is 8.20. The fourth-order valence-corrected chi connectivity index (χ4v) is 2.55. The molecule has 94 valence electrons. The molecule has 0 bridgehead atoms. The second-order valence-electron chi connectivity index (χ2n) is 5.28. The summed E-state index contributed by atoms with van der Waals surface area (Å²) in [5.74, 6) is 1.71. The first kappa shape index (κ1) is 12.4. The smallest absolute Gasteiger partial charge is 0.0552 e. The minimum atomic E-state index is 0.524. The van der Waals surface area contributed by atoms with Crippen molar-refractivity contribution in [2.24, 2.45) is 17.6 Å². The van der Waals surface area contributed by atoms with Crippen molar-refractivity contribution in [2.45, 2.75) is 33.2 Å². The highest BCUT2D eigenvalue weighted by atomic mass is 15.1. The van der Waals surface area contributed by atoms with Gasteiger partial charge in [-0.2, -0.15) is 0 Å². The van der Waals surface area contributed by atoms with E-state index < -0.39 is 0 Å². The van der Waals surface area contributed by atoms with Crippen LogP contribution in [0.3, 0.4) is 0 Å². The highest BCUT2D eigenvalue weighted by molar-refractivity contribution is 5.44. The third-order valence-electron chi connectivity index (χ3n) is 3.87. The third kappa shape index (κ3) is 2.97. The minimum Gasteiger partial charge on any atom is -0.370 e. The van der Waals surface area contributed by atoms with Crippen LogP contribution in [0.15, 0.2) is 18.3 Å². The lowest BCUT2D eigenvalue weighted by Gasteiger charge is -2.35. The normalized spacial score (nSPS) is 17.8. The van der Waals surface area contributed by atoms with E-state index in [4.69, 9.17) is 5.73 Å². The zero-order valence-corrected chi connectivity index (χ0v) is 10.9. The Hall–Kier alpha value is -1.09. The highest BCUT2D eigenvalue weighted by Gasteiger charge is 2.21. The van der Waals surface area contributed by atoms with Crippen LogP contribution in [0.1, 0.15) is 32.4 Å². The number of pyridine rings is 1. The zero-order valence-electron chi connectivity index (χ0n) is 10.9. The van der Waals surface area contributed by atoms with Crippen LogP contribution < -0.4 is 10.6 Å². The van der Waals surface area contributed by atoms with Gasteiger partial charge in [-0.25, -0.2) is 0 Å². The Bertz CT molecular complexity index is 337. The molecule has 17 heavy (non-hydrogen) atoms. The molecular weight excluding hydrogens is 210 g/mol. The summed E-state index contributed by atoms with van der Waals surface area (Å²) >= 11 is 0. The van der Waals surface area contributed by atoms with Gasteiger partial charge in [-0.05, 0) is 36.8 Å². The van der Waals surface area contributed by atoms with Gasteiger partial charge in [0.1, 0.15) is 0 Å². The molecule has 0 amide bonds. The van der Waals surface area contributed by atoms with E-state index in [0.29, 0.717) is 6.54 Å². The molecule has 1 saturated heterocycles. The summed E-state index contributed by atoms with van der Waals surface area (Å²) in [7, 11) is 0. The number of rotatable bonds is 3. The van der Waals surface area contributed by atoms with Gasteiger partial charge in [0.05, 0.1) is 17.6 Å². The molecule has 1 aliphatic rings. The number of nitrogens with zero attached hydrogens (tertiary/aromatic N) is 2. The van der Waals surface area contributed by atoms with E-state index in [-0.39, 0.29) is 0 Å². The van der Waals surface area contributed by atoms with Crippen molar-refractivity contribution in [3.8, 4) is 0 Å². The minimum absolute atomic E-state index is 0.524. The molecule has 0 spiro atoms. The van der Waals surface area contributed by atoms with Gasteiger partial charge in [0, 0.05) is 19.6 Å². The van der Waals surface area contributed by atoms with Crippen molar-refractivity contribution in [3.63, 3.8) is 0 Å². The van der Waals surface area contributed by atoms with Crippen LogP contribution in [0, 0.1) is 11.8 Å². The predicted molar refractivity (Wildman–Crippen MR) is 71.9 cm³/mol. The molecule has 0 atom stereocenters. The summed E-state index contributed by atoms with van der Waals surface area (Å²) in [5.41, 5.74) is 7.76. The summed E-state index contributed by atoms with van der Waals surface area (Å²) in [4.78, 5) is 6.80. The number of hydrogen-bond donors (Lipinski definition) is 1. The molecule has 0 radical (unpaired) electrons. The molecule has 1 fully saturated rings. The molecule has 0 aromatic carbocycles. The topological polar surface area (TPSA) is 42.1 Å². The van der Waals surface area contributed by atoms with E-state index in [2.05, 4.69) is 29.8 Å². The molecule has 0 saturated carbocycles. The Morgan fingerprint density at radius 1 is 1.35 bits per heavy atom. The molecule has 2 rings (SSSR count). The van der Waals surface area contributed by atoms with E-state index in [1.165, 1.54) is 18.5 Å². The summed E-state index contributed by atoms with van der Waals surface area (Å²) in [6.07, 6.45) is 4.56. The summed E-state index contributed by atoms with van der Waals surface area (Å²) < 4.78 is 0. The van der Waals surface area contributed by atoms with Gasteiger partial charge < -0.3 is 10.6 Å². The monoisotopic (exact) mass is 233 g/mol. The Morgan fingerprint density at radius 3 is 2.53 bits per heavy atom. The number of piperidine rings is 1. The van der Waals surface area contributed by atoms with Gasteiger partial charge in [-0.15, -0.1) is 0 Å². The molecule has 3 nitrogen and oxygen atoms in total. The lowest BCUT2D eigenvalue weighted by Crippen LogP contribution is -2.35. The van der Waals surface area contributed by atoms with Crippen LogP contribution in [0.25, 0.3) is 0 Å². The number of aromatic nitrogens is 1. The van der Waals surface area contributed by atoms with E-state index in [1.54, 1.807) is 0 Å². The van der Waals surface area contributed by atoms with Crippen molar-refractivity contribution < 1.29 is 0 Å². The number of anilines is 1. The van der Waals surface area contributed by atoms with Crippen LogP contribution in [-0.4, -0.2) is 18.1 Å². The average molecular weight is 233 g/mol. The highest BCUT2D eigenvalue weighted by Crippen LogP contribution is 2.27. The molecule has 1 aromatic rings. The second kappa shape index (κ2) is 5.50. The van der Waals surface area contributed by atoms with E-state index in [1.807, 2.05) is 12.3 Å². The molecule has 2 N–H and O–H groups in total. The molecule has 0 aliphatic carbocycles. The van der Waals surface area contributed by atoms with Gasteiger partial charge >= 0.3 is 0 Å². The number of hydrogen-bond acceptors (Lipinski definition) is 3. The molecule has 1 aliphatic heterocycles. The number of nitrogens with two attached hydrogens (primary N) is 1. The Kier molecular flexibility index (Phi) is 4.00. The quantitative estimate of drug-likeness (QED) is 0.871. The van der Waals surface area contributed by atoms with Crippen molar-refractivity contribution >= 4 is 5.69 Å². The lowest BCUT2D eigenvalue weighted by molar-refractivity contribution is 0.311. The second-order valence-corrected chi connectivity index (χ2v) is 5.28.